The van der Waals surface area contributed by atoms with E-state index >= 15 is 0 Å². The van der Waals surface area contributed by atoms with E-state index in [-0.39, 0.29) is 11.8 Å². The van der Waals surface area contributed by atoms with Gasteiger partial charge in [-0.3, -0.25) is 4.79 Å². The molecule has 6 heteroatoms. The number of nitrogens with zero attached hydrogens (tertiary/aromatic N) is 4. The standard InChI is InChI=1S/C20H28N4O2/c1-13(2)19-18(14(3)26-22-19)20(25)24-10-6-7-16(12-24)15-8-9-21-17(11-15)23(4)5/h8-9,11,13,16H,6-7,10,12H2,1-5H3. The number of hydrogen-bond acceptors (Lipinski definition) is 5. The van der Waals surface area contributed by atoms with Crippen LogP contribution in [-0.2, 0) is 0 Å². The van der Waals surface area contributed by atoms with Crippen LogP contribution in [0, 0.1) is 6.92 Å². The smallest absolute Gasteiger partial charge is 0.259 e. The summed E-state index contributed by atoms with van der Waals surface area (Å²) in [6, 6.07) is 4.19. The monoisotopic (exact) mass is 356 g/mol. The molecule has 26 heavy (non-hydrogen) atoms. The Morgan fingerprint density at radius 1 is 1.38 bits per heavy atom. The number of carbonyl (C=O) groups excluding carboxylic acids is 1. The lowest BCUT2D eigenvalue weighted by atomic mass is 9.90. The predicted molar refractivity (Wildman–Crippen MR) is 102 cm³/mol. The van der Waals surface area contributed by atoms with Gasteiger partial charge in [0.15, 0.2) is 0 Å². The highest BCUT2D eigenvalue weighted by Crippen LogP contribution is 2.30. The number of amides is 1. The van der Waals surface area contributed by atoms with E-state index < -0.39 is 0 Å². The Kier molecular flexibility index (Phi) is 5.30. The molecule has 0 aromatic carbocycles. The second kappa shape index (κ2) is 7.48. The van der Waals surface area contributed by atoms with Crippen molar-refractivity contribution in [2.24, 2.45) is 0 Å². The molecule has 0 aliphatic carbocycles. The summed E-state index contributed by atoms with van der Waals surface area (Å²) in [4.78, 5) is 21.5. The Hall–Kier alpha value is -2.37. The molecular weight excluding hydrogens is 328 g/mol. The van der Waals surface area contributed by atoms with Gasteiger partial charge >= 0.3 is 0 Å². The Morgan fingerprint density at radius 2 is 2.15 bits per heavy atom. The van der Waals surface area contributed by atoms with Crippen molar-refractivity contribution in [1.82, 2.24) is 15.0 Å². The minimum Gasteiger partial charge on any atom is -0.363 e. The van der Waals surface area contributed by atoms with Crippen LogP contribution in [0.3, 0.4) is 0 Å². The second-order valence-electron chi connectivity index (χ2n) is 7.59. The molecule has 0 saturated carbocycles. The molecular formula is C20H28N4O2. The molecule has 3 rings (SSSR count). The van der Waals surface area contributed by atoms with Crippen LogP contribution in [0.2, 0.25) is 0 Å². The van der Waals surface area contributed by atoms with Crippen molar-refractivity contribution < 1.29 is 9.32 Å². The van der Waals surface area contributed by atoms with Gasteiger partial charge in [0.05, 0.1) is 5.69 Å². The highest BCUT2D eigenvalue weighted by atomic mass is 16.5. The van der Waals surface area contributed by atoms with Crippen LogP contribution in [0.15, 0.2) is 22.9 Å². The molecule has 3 heterocycles. The first-order valence-corrected chi connectivity index (χ1v) is 9.27. The molecule has 0 spiro atoms. The molecule has 2 aromatic rings. The van der Waals surface area contributed by atoms with Crippen LogP contribution in [-0.4, -0.2) is 48.1 Å². The van der Waals surface area contributed by atoms with Crippen molar-refractivity contribution >= 4 is 11.7 Å². The predicted octanol–water partition coefficient (Wildman–Crippen LogP) is 3.59. The van der Waals surface area contributed by atoms with Gasteiger partial charge in [0.25, 0.3) is 5.91 Å². The molecule has 2 aromatic heterocycles. The highest BCUT2D eigenvalue weighted by Gasteiger charge is 2.30. The average molecular weight is 356 g/mol. The molecule has 0 radical (unpaired) electrons. The van der Waals surface area contributed by atoms with Crippen molar-refractivity contribution in [1.29, 1.82) is 0 Å². The van der Waals surface area contributed by atoms with Crippen molar-refractivity contribution in [3.63, 3.8) is 0 Å². The van der Waals surface area contributed by atoms with E-state index in [9.17, 15) is 4.79 Å². The number of rotatable bonds is 4. The first-order chi connectivity index (χ1) is 12.4. The summed E-state index contributed by atoms with van der Waals surface area (Å²) in [6.07, 6.45) is 3.93. The van der Waals surface area contributed by atoms with E-state index in [1.807, 2.05) is 50.9 Å². The second-order valence-corrected chi connectivity index (χ2v) is 7.59. The zero-order chi connectivity index (χ0) is 18.8. The SMILES string of the molecule is Cc1onc(C(C)C)c1C(=O)N1CCCC(c2ccnc(N(C)C)c2)C1. The zero-order valence-corrected chi connectivity index (χ0v) is 16.3. The van der Waals surface area contributed by atoms with E-state index in [1.54, 1.807) is 0 Å². The summed E-state index contributed by atoms with van der Waals surface area (Å²) in [5.41, 5.74) is 2.64. The molecule has 1 aliphatic heterocycles. The third-order valence-corrected chi connectivity index (χ3v) is 5.06. The van der Waals surface area contributed by atoms with E-state index in [4.69, 9.17) is 4.52 Å². The maximum atomic E-state index is 13.2. The summed E-state index contributed by atoms with van der Waals surface area (Å²) >= 11 is 0. The van der Waals surface area contributed by atoms with Crippen LogP contribution in [0.4, 0.5) is 5.82 Å². The molecule has 1 saturated heterocycles. The van der Waals surface area contributed by atoms with Crippen LogP contribution in [0.25, 0.3) is 0 Å². The number of aromatic nitrogens is 2. The van der Waals surface area contributed by atoms with Crippen molar-refractivity contribution in [3.8, 4) is 0 Å². The van der Waals surface area contributed by atoms with Crippen LogP contribution >= 0.6 is 0 Å². The average Bonchev–Trinajstić information content (AvgIpc) is 3.03. The normalized spacial score (nSPS) is 17.6. The largest absolute Gasteiger partial charge is 0.363 e. The van der Waals surface area contributed by atoms with Crippen LogP contribution in [0.1, 0.15) is 65.9 Å². The minimum atomic E-state index is 0.0408. The van der Waals surface area contributed by atoms with E-state index in [0.717, 1.165) is 37.4 Å². The summed E-state index contributed by atoms with van der Waals surface area (Å²) in [6.45, 7) is 7.39. The minimum absolute atomic E-state index is 0.0408. The van der Waals surface area contributed by atoms with Gasteiger partial charge in [0.1, 0.15) is 17.1 Å². The number of anilines is 1. The van der Waals surface area contributed by atoms with Gasteiger partial charge in [-0.2, -0.15) is 0 Å². The highest BCUT2D eigenvalue weighted by molar-refractivity contribution is 5.96. The van der Waals surface area contributed by atoms with Crippen molar-refractivity contribution in [2.45, 2.75) is 45.4 Å². The number of pyridine rings is 1. The van der Waals surface area contributed by atoms with E-state index in [2.05, 4.69) is 22.3 Å². The molecule has 1 amide bonds. The van der Waals surface area contributed by atoms with Gasteiger partial charge in [0.2, 0.25) is 0 Å². The quantitative estimate of drug-likeness (QED) is 0.838. The first-order valence-electron chi connectivity index (χ1n) is 9.27. The number of carbonyl (C=O) groups is 1. The molecule has 1 atom stereocenters. The topological polar surface area (TPSA) is 62.5 Å². The zero-order valence-electron chi connectivity index (χ0n) is 16.3. The third-order valence-electron chi connectivity index (χ3n) is 5.06. The van der Waals surface area contributed by atoms with Gasteiger partial charge in [0, 0.05) is 39.3 Å². The van der Waals surface area contributed by atoms with Crippen LogP contribution in [0.5, 0.6) is 0 Å². The number of hydrogen-bond donors (Lipinski definition) is 0. The van der Waals surface area contributed by atoms with Crippen LogP contribution < -0.4 is 4.90 Å². The molecule has 0 N–H and O–H groups in total. The van der Waals surface area contributed by atoms with Gasteiger partial charge in [-0.15, -0.1) is 0 Å². The van der Waals surface area contributed by atoms with Crippen molar-refractivity contribution in [3.05, 3.63) is 40.9 Å². The van der Waals surface area contributed by atoms with Crippen molar-refractivity contribution in [2.75, 3.05) is 32.1 Å². The van der Waals surface area contributed by atoms with E-state index in [1.165, 1.54) is 5.56 Å². The summed E-state index contributed by atoms with van der Waals surface area (Å²) < 4.78 is 5.31. The molecule has 1 unspecified atom stereocenters. The first kappa shape index (κ1) is 18.4. The molecule has 6 nitrogen and oxygen atoms in total. The maximum absolute atomic E-state index is 13.2. The number of piperidine rings is 1. The Labute approximate surface area is 155 Å². The fraction of sp³-hybridized carbons (Fsp3) is 0.550. The lowest BCUT2D eigenvalue weighted by molar-refractivity contribution is 0.0704. The summed E-state index contributed by atoms with van der Waals surface area (Å²) in [5, 5.41) is 4.10. The lowest BCUT2D eigenvalue weighted by Gasteiger charge is -2.33. The Balaban J connectivity index is 1.82. The fourth-order valence-electron chi connectivity index (χ4n) is 3.57. The van der Waals surface area contributed by atoms with E-state index in [0.29, 0.717) is 17.2 Å². The van der Waals surface area contributed by atoms with Gasteiger partial charge in [-0.25, -0.2) is 4.98 Å². The molecule has 1 aliphatic rings. The third kappa shape index (κ3) is 3.59. The number of aryl methyl sites for hydroxylation is 1. The molecule has 1 fully saturated rings. The Morgan fingerprint density at radius 3 is 2.85 bits per heavy atom. The Bertz CT molecular complexity index is 782. The van der Waals surface area contributed by atoms with Gasteiger partial charge in [-0.05, 0) is 43.4 Å². The lowest BCUT2D eigenvalue weighted by Crippen LogP contribution is -2.39. The maximum Gasteiger partial charge on any atom is 0.259 e. The molecule has 0 bridgehead atoms. The summed E-state index contributed by atoms with van der Waals surface area (Å²) in [7, 11) is 3.98. The van der Waals surface area contributed by atoms with Gasteiger partial charge in [-0.1, -0.05) is 19.0 Å². The fourth-order valence-corrected chi connectivity index (χ4v) is 3.57. The molecule has 140 valence electrons. The number of likely N-dealkylation sites (tertiary alicyclic amines) is 1. The summed E-state index contributed by atoms with van der Waals surface area (Å²) in [5.74, 6) is 2.09. The van der Waals surface area contributed by atoms with Gasteiger partial charge < -0.3 is 14.3 Å².